The summed E-state index contributed by atoms with van der Waals surface area (Å²) in [6.45, 7) is 0.323. The molecule has 1 rings (SSSR count). The van der Waals surface area contributed by atoms with Crippen LogP contribution in [0, 0.1) is 6.42 Å². The van der Waals surface area contributed by atoms with Crippen molar-refractivity contribution in [2.24, 2.45) is 0 Å². The largest absolute Gasteiger partial charge is 0.396 e. The van der Waals surface area contributed by atoms with E-state index in [0.29, 0.717) is 6.61 Å². The molecule has 12 heavy (non-hydrogen) atoms. The van der Waals surface area contributed by atoms with Crippen LogP contribution in [-0.2, 0) is 0 Å². The Morgan fingerprint density at radius 2 is 2.33 bits per heavy atom. The van der Waals surface area contributed by atoms with Crippen LogP contribution in [0.1, 0.15) is 19.3 Å². The lowest BCUT2D eigenvalue weighted by molar-refractivity contribution is 0.287. The van der Waals surface area contributed by atoms with Crippen LogP contribution in [0.4, 0.5) is 0 Å². The highest BCUT2D eigenvalue weighted by Crippen LogP contribution is 2.22. The summed E-state index contributed by atoms with van der Waals surface area (Å²) < 4.78 is 0. The first-order valence-corrected chi connectivity index (χ1v) is 5.36. The Balaban J connectivity index is 2.06. The van der Waals surface area contributed by atoms with E-state index in [-0.39, 0.29) is 0 Å². The zero-order valence-corrected chi connectivity index (χ0v) is 8.02. The zero-order valence-electron chi connectivity index (χ0n) is 7.20. The second kappa shape index (κ2) is 6.32. The highest BCUT2D eigenvalue weighted by molar-refractivity contribution is 8.03. The third-order valence-corrected chi connectivity index (χ3v) is 2.80. The van der Waals surface area contributed by atoms with Gasteiger partial charge in [-0.25, -0.2) is 0 Å². The molecule has 67 valence electrons. The van der Waals surface area contributed by atoms with E-state index in [2.05, 4.69) is 24.6 Å². The molecule has 0 heterocycles. The van der Waals surface area contributed by atoms with Gasteiger partial charge in [0.2, 0.25) is 0 Å². The molecule has 1 radical (unpaired) electrons. The average molecular weight is 183 g/mol. The van der Waals surface area contributed by atoms with E-state index in [1.54, 1.807) is 0 Å². The van der Waals surface area contributed by atoms with Gasteiger partial charge in [0.25, 0.3) is 0 Å². The Labute approximate surface area is 78.6 Å². The van der Waals surface area contributed by atoms with E-state index >= 15 is 0 Å². The maximum Gasteiger partial charge on any atom is 0.0431 e. The molecule has 1 aliphatic rings. The van der Waals surface area contributed by atoms with Gasteiger partial charge in [0.1, 0.15) is 0 Å². The van der Waals surface area contributed by atoms with Gasteiger partial charge in [0, 0.05) is 11.5 Å². The molecule has 0 bridgehead atoms. The van der Waals surface area contributed by atoms with Gasteiger partial charge in [-0.15, -0.1) is 11.8 Å². The molecular formula is C10H15OS. The molecule has 0 amide bonds. The lowest BCUT2D eigenvalue weighted by Crippen LogP contribution is -1.87. The number of rotatable bonds is 5. The quantitative estimate of drug-likeness (QED) is 0.661. The maximum absolute atomic E-state index is 8.56. The summed E-state index contributed by atoms with van der Waals surface area (Å²) in [5.41, 5.74) is 0. The van der Waals surface area contributed by atoms with Crippen molar-refractivity contribution in [3.8, 4) is 0 Å². The molecule has 2 heteroatoms. The predicted octanol–water partition coefficient (Wildman–Crippen LogP) is 2.54. The van der Waals surface area contributed by atoms with Crippen molar-refractivity contribution < 1.29 is 5.11 Å². The minimum Gasteiger partial charge on any atom is -0.396 e. The van der Waals surface area contributed by atoms with Crippen molar-refractivity contribution in [3.63, 3.8) is 0 Å². The minimum atomic E-state index is 0.323. The van der Waals surface area contributed by atoms with E-state index in [9.17, 15) is 0 Å². The Bertz CT molecular complexity index is 173. The predicted molar refractivity (Wildman–Crippen MR) is 54.9 cm³/mol. The number of unbranched alkanes of at least 4 members (excludes halogenated alkanes) is 1. The zero-order chi connectivity index (χ0) is 8.65. The molecule has 1 N–H and O–H groups in total. The van der Waals surface area contributed by atoms with Gasteiger partial charge in [-0.1, -0.05) is 18.2 Å². The highest BCUT2D eigenvalue weighted by atomic mass is 32.2. The van der Waals surface area contributed by atoms with Crippen LogP contribution in [0.2, 0.25) is 0 Å². The number of hydrogen-bond acceptors (Lipinski definition) is 2. The second-order valence-corrected chi connectivity index (χ2v) is 3.88. The van der Waals surface area contributed by atoms with Gasteiger partial charge < -0.3 is 5.11 Å². The summed E-state index contributed by atoms with van der Waals surface area (Å²) in [6.07, 6.45) is 11.7. The van der Waals surface area contributed by atoms with Crippen molar-refractivity contribution >= 4 is 11.8 Å². The Kier molecular flexibility index (Phi) is 5.20. The maximum atomic E-state index is 8.56. The molecule has 0 saturated heterocycles. The van der Waals surface area contributed by atoms with Crippen LogP contribution < -0.4 is 0 Å². The normalized spacial score (nSPS) is 16.2. The van der Waals surface area contributed by atoms with Gasteiger partial charge in [0.15, 0.2) is 0 Å². The number of thioether (sulfide) groups is 1. The molecule has 0 fully saturated rings. The van der Waals surface area contributed by atoms with Crippen LogP contribution in [0.5, 0.6) is 0 Å². The number of aliphatic hydroxyl groups is 1. The van der Waals surface area contributed by atoms with Crippen LogP contribution in [0.15, 0.2) is 23.1 Å². The van der Waals surface area contributed by atoms with Gasteiger partial charge in [0.05, 0.1) is 0 Å². The summed E-state index contributed by atoms with van der Waals surface area (Å²) in [6, 6.07) is 0. The number of aliphatic hydroxyl groups excluding tert-OH is 1. The molecule has 1 aliphatic carbocycles. The van der Waals surface area contributed by atoms with Gasteiger partial charge in [-0.2, -0.15) is 0 Å². The lowest BCUT2D eigenvalue weighted by atomic mass is 10.2. The first kappa shape index (κ1) is 9.87. The number of allylic oxidation sites excluding steroid dienone is 3. The first-order valence-electron chi connectivity index (χ1n) is 4.37. The fraction of sp³-hybridized carbons (Fsp3) is 0.500. The van der Waals surface area contributed by atoms with E-state index in [0.717, 1.165) is 25.0 Å². The SMILES string of the molecule is OCCCCSC1=CC[CH]C=C1. The van der Waals surface area contributed by atoms with Gasteiger partial charge >= 0.3 is 0 Å². The topological polar surface area (TPSA) is 20.2 Å². The smallest absolute Gasteiger partial charge is 0.0431 e. The van der Waals surface area contributed by atoms with Crippen molar-refractivity contribution in [1.29, 1.82) is 0 Å². The first-order chi connectivity index (χ1) is 5.93. The summed E-state index contributed by atoms with van der Waals surface area (Å²) in [4.78, 5) is 1.37. The van der Waals surface area contributed by atoms with Gasteiger partial charge in [-0.05, 0) is 31.4 Å². The van der Waals surface area contributed by atoms with E-state index < -0.39 is 0 Å². The summed E-state index contributed by atoms with van der Waals surface area (Å²) in [7, 11) is 0. The van der Waals surface area contributed by atoms with Crippen LogP contribution in [0.3, 0.4) is 0 Å². The van der Waals surface area contributed by atoms with Gasteiger partial charge in [-0.3, -0.25) is 0 Å². The van der Waals surface area contributed by atoms with Crippen molar-refractivity contribution in [1.82, 2.24) is 0 Å². The molecule has 0 unspecified atom stereocenters. The van der Waals surface area contributed by atoms with E-state index in [1.807, 2.05) is 11.8 Å². The molecule has 0 aromatic rings. The van der Waals surface area contributed by atoms with Crippen LogP contribution >= 0.6 is 11.8 Å². The molecule has 0 aromatic heterocycles. The molecule has 0 saturated carbocycles. The minimum absolute atomic E-state index is 0.323. The monoisotopic (exact) mass is 183 g/mol. The standard InChI is InChI=1S/C10H15OS/c11-8-4-5-9-12-10-6-2-1-3-7-10/h1-2,6-7,11H,3-5,8-9H2. The lowest BCUT2D eigenvalue weighted by Gasteiger charge is -2.05. The van der Waals surface area contributed by atoms with E-state index in [1.165, 1.54) is 4.91 Å². The third kappa shape index (κ3) is 3.98. The van der Waals surface area contributed by atoms with E-state index in [4.69, 9.17) is 5.11 Å². The van der Waals surface area contributed by atoms with Crippen LogP contribution in [0.25, 0.3) is 0 Å². The average Bonchev–Trinajstić information content (AvgIpc) is 2.14. The van der Waals surface area contributed by atoms with Crippen LogP contribution in [-0.4, -0.2) is 17.5 Å². The Morgan fingerprint density at radius 3 is 3.00 bits per heavy atom. The van der Waals surface area contributed by atoms with Crippen molar-refractivity contribution in [2.75, 3.05) is 12.4 Å². The number of hydrogen-bond donors (Lipinski definition) is 1. The fourth-order valence-electron chi connectivity index (χ4n) is 1.00. The molecule has 0 spiro atoms. The summed E-state index contributed by atoms with van der Waals surface area (Å²) in [5.74, 6) is 1.12. The molecular weight excluding hydrogens is 168 g/mol. The summed E-state index contributed by atoms with van der Waals surface area (Å²) in [5, 5.41) is 8.56. The molecule has 0 atom stereocenters. The third-order valence-electron chi connectivity index (χ3n) is 1.67. The van der Waals surface area contributed by atoms with Crippen molar-refractivity contribution in [2.45, 2.75) is 19.3 Å². The summed E-state index contributed by atoms with van der Waals surface area (Å²) >= 11 is 1.88. The van der Waals surface area contributed by atoms with Crippen molar-refractivity contribution in [3.05, 3.63) is 29.6 Å². The molecule has 0 aromatic carbocycles. The Hall–Kier alpha value is -0.210. The highest BCUT2D eigenvalue weighted by Gasteiger charge is 1.97. The fourth-order valence-corrected chi connectivity index (χ4v) is 1.98. The molecule has 1 nitrogen and oxygen atoms in total. The second-order valence-electron chi connectivity index (χ2n) is 2.72. The molecule has 0 aliphatic heterocycles. The Morgan fingerprint density at radius 1 is 1.42 bits per heavy atom.